The summed E-state index contributed by atoms with van der Waals surface area (Å²) in [6, 6.07) is 14.0. The molecular formula is C40H28BBrCl2F4N6O4S4. The van der Waals surface area contributed by atoms with Crippen LogP contribution in [0.5, 0.6) is 0 Å². The Morgan fingerprint density at radius 2 is 1.15 bits per heavy atom. The summed E-state index contributed by atoms with van der Waals surface area (Å²) in [4.78, 5) is 40.9. The molecule has 8 aromatic rings. The second-order valence-corrected chi connectivity index (χ2v) is 20.1. The molecule has 0 spiro atoms. The molecule has 2 N–H and O–H groups in total. The van der Waals surface area contributed by atoms with Crippen molar-refractivity contribution in [3.63, 3.8) is 0 Å². The highest BCUT2D eigenvalue weighted by molar-refractivity contribution is 9.11. The molecule has 0 saturated carbocycles. The fourth-order valence-corrected chi connectivity index (χ4v) is 9.54. The van der Waals surface area contributed by atoms with E-state index < -0.39 is 53.3 Å². The van der Waals surface area contributed by atoms with Crippen LogP contribution in [0, 0.1) is 23.3 Å². The van der Waals surface area contributed by atoms with Crippen LogP contribution in [-0.2, 0) is 9.31 Å². The number of halogens is 7. The maximum atomic E-state index is 13.7. The number of hydrogen-bond donors (Lipinski definition) is 2. The molecule has 4 aromatic carbocycles. The molecule has 0 aliphatic carbocycles. The first kappa shape index (κ1) is 45.6. The molecule has 0 bridgehead atoms. The highest BCUT2D eigenvalue weighted by Crippen LogP contribution is 2.39. The minimum Gasteiger partial charge on any atom is -0.399 e. The molecule has 0 radical (unpaired) electrons. The lowest BCUT2D eigenvalue weighted by atomic mass is 9.79. The van der Waals surface area contributed by atoms with E-state index in [1.165, 1.54) is 29.7 Å². The zero-order valence-corrected chi connectivity index (χ0v) is 38.7. The molecule has 2 amide bonds. The average molecular weight is 1020 g/mol. The van der Waals surface area contributed by atoms with E-state index in [2.05, 4.69) is 46.5 Å². The number of nitrogens with one attached hydrogen (secondary N) is 2. The molecule has 1 aliphatic heterocycles. The van der Waals surface area contributed by atoms with Crippen LogP contribution in [0.25, 0.3) is 30.9 Å². The highest BCUT2D eigenvalue weighted by Gasteiger charge is 2.52. The lowest BCUT2D eigenvalue weighted by Crippen LogP contribution is -2.41. The maximum absolute atomic E-state index is 13.7. The van der Waals surface area contributed by atoms with Gasteiger partial charge in [0.1, 0.15) is 34.4 Å². The van der Waals surface area contributed by atoms with E-state index in [9.17, 15) is 27.2 Å². The van der Waals surface area contributed by atoms with Crippen LogP contribution in [0.1, 0.15) is 48.4 Å². The summed E-state index contributed by atoms with van der Waals surface area (Å²) >= 11 is 21.2. The van der Waals surface area contributed by atoms with E-state index in [4.69, 9.17) is 32.5 Å². The zero-order chi connectivity index (χ0) is 44.5. The molecule has 5 heterocycles. The third-order valence-corrected chi connectivity index (χ3v) is 14.0. The van der Waals surface area contributed by atoms with Crippen LogP contribution < -0.4 is 16.1 Å². The zero-order valence-electron chi connectivity index (χ0n) is 32.4. The van der Waals surface area contributed by atoms with Crippen LogP contribution in [0.4, 0.5) is 27.8 Å². The largest absolute Gasteiger partial charge is 0.496 e. The second-order valence-electron chi connectivity index (χ2n) is 14.0. The first-order chi connectivity index (χ1) is 29.4. The lowest BCUT2D eigenvalue weighted by molar-refractivity contribution is 0.00578. The average Bonchev–Trinajstić information content (AvgIpc) is 4.04. The van der Waals surface area contributed by atoms with Gasteiger partial charge >= 0.3 is 7.12 Å². The van der Waals surface area contributed by atoms with Gasteiger partial charge in [-0.2, -0.15) is 0 Å². The summed E-state index contributed by atoms with van der Waals surface area (Å²) in [6.07, 6.45) is 3.03. The smallest absolute Gasteiger partial charge is 0.399 e. The lowest BCUT2D eigenvalue weighted by Gasteiger charge is -2.32. The summed E-state index contributed by atoms with van der Waals surface area (Å²) in [5.41, 5.74) is 4.91. The third kappa shape index (κ3) is 10.0. The number of hydrogen-bond acceptors (Lipinski definition) is 12. The number of rotatable bonds is 6. The second kappa shape index (κ2) is 18.8. The quantitative estimate of drug-likeness (QED) is 0.124. The van der Waals surface area contributed by atoms with Crippen molar-refractivity contribution in [2.24, 2.45) is 0 Å². The summed E-state index contributed by atoms with van der Waals surface area (Å²) in [7, 11) is -0.427. The fraction of sp³-hybridized carbons (Fsp3) is 0.150. The molecule has 1 saturated heterocycles. The van der Waals surface area contributed by atoms with Gasteiger partial charge in [0.15, 0.2) is 10.3 Å². The Balaban J connectivity index is 0.000000144. The van der Waals surface area contributed by atoms with E-state index in [1.807, 2.05) is 51.4 Å². The molecule has 22 heteroatoms. The summed E-state index contributed by atoms with van der Waals surface area (Å²) in [5.74, 6) is -5.43. The van der Waals surface area contributed by atoms with Crippen molar-refractivity contribution in [1.29, 1.82) is 0 Å². The van der Waals surface area contributed by atoms with Gasteiger partial charge in [-0.05, 0) is 92.2 Å². The minimum atomic E-state index is -0.932. The van der Waals surface area contributed by atoms with Gasteiger partial charge in [-0.25, -0.2) is 37.5 Å². The Kier molecular flexibility index (Phi) is 13.8. The number of fused-ring (bicyclic) bond motifs is 2. The van der Waals surface area contributed by atoms with Crippen molar-refractivity contribution < 1.29 is 36.5 Å². The van der Waals surface area contributed by atoms with E-state index in [1.54, 1.807) is 29.1 Å². The number of amides is 2. The number of anilines is 2. The van der Waals surface area contributed by atoms with Gasteiger partial charge in [-0.1, -0.05) is 58.0 Å². The molecule has 1 fully saturated rings. The Labute approximate surface area is 385 Å². The van der Waals surface area contributed by atoms with Gasteiger partial charge in [0.05, 0.1) is 62.5 Å². The molecule has 10 nitrogen and oxygen atoms in total. The predicted molar refractivity (Wildman–Crippen MR) is 245 cm³/mol. The molecule has 0 unspecified atom stereocenters. The summed E-state index contributed by atoms with van der Waals surface area (Å²) in [6.45, 7) is 8.14. The SMILES string of the molecule is CC1(C)OB(c2cc3scnc3cc2Cl)OC1(C)C.O=C(Nc1ncc(-c2cc3scnc3cc2Cl)s1)c1c(F)cccc1F.O=C(Nc1ncc(Br)s1)c1c(F)cccc1F. The number of aromatic nitrogens is 4. The Morgan fingerprint density at radius 3 is 1.65 bits per heavy atom. The number of carbonyl (C=O) groups is 2. The number of benzene rings is 4. The van der Waals surface area contributed by atoms with Crippen molar-refractivity contribution in [3.05, 3.63) is 132 Å². The Morgan fingerprint density at radius 1 is 0.677 bits per heavy atom. The van der Waals surface area contributed by atoms with Crippen molar-refractivity contribution in [3.8, 4) is 10.4 Å². The topological polar surface area (TPSA) is 128 Å². The number of carbonyl (C=O) groups excluding carboxylic acids is 2. The predicted octanol–water partition coefficient (Wildman–Crippen LogP) is 12.3. The number of thiazole rings is 4. The van der Waals surface area contributed by atoms with E-state index in [0.717, 1.165) is 83.3 Å². The molecule has 0 atom stereocenters. The van der Waals surface area contributed by atoms with Crippen molar-refractivity contribution >= 4 is 140 Å². The molecular weight excluding hydrogens is 994 g/mol. The molecule has 9 rings (SSSR count). The van der Waals surface area contributed by atoms with Gasteiger partial charge in [0.25, 0.3) is 11.8 Å². The van der Waals surface area contributed by atoms with E-state index in [-0.39, 0.29) is 21.5 Å². The minimum absolute atomic E-state index is 0.216. The van der Waals surface area contributed by atoms with Crippen LogP contribution in [-0.4, -0.2) is 50.1 Å². The molecule has 318 valence electrons. The van der Waals surface area contributed by atoms with Crippen molar-refractivity contribution in [1.82, 2.24) is 19.9 Å². The molecule has 4 aromatic heterocycles. The van der Waals surface area contributed by atoms with Crippen LogP contribution in [0.3, 0.4) is 0 Å². The van der Waals surface area contributed by atoms with E-state index >= 15 is 0 Å². The van der Waals surface area contributed by atoms with Gasteiger partial charge < -0.3 is 9.31 Å². The first-order valence-electron chi connectivity index (χ1n) is 17.9. The maximum Gasteiger partial charge on any atom is 0.496 e. The van der Waals surface area contributed by atoms with E-state index in [0.29, 0.717) is 13.8 Å². The normalized spacial score (nSPS) is 14.0. The summed E-state index contributed by atoms with van der Waals surface area (Å²) < 4.78 is 68.8. The third-order valence-electron chi connectivity index (χ3n) is 9.45. The van der Waals surface area contributed by atoms with Crippen LogP contribution >= 0.6 is 84.5 Å². The van der Waals surface area contributed by atoms with Crippen molar-refractivity contribution in [2.45, 2.75) is 38.9 Å². The van der Waals surface area contributed by atoms with Gasteiger partial charge in [0.2, 0.25) is 0 Å². The monoisotopic (exact) mass is 1020 g/mol. The number of nitrogens with zero attached hydrogens (tertiary/aromatic N) is 4. The fourth-order valence-electron chi connectivity index (χ4n) is 5.63. The van der Waals surface area contributed by atoms with Crippen LogP contribution in [0.2, 0.25) is 10.0 Å². The Hall–Kier alpha value is -4.38. The van der Waals surface area contributed by atoms with Gasteiger partial charge in [-0.15, -0.1) is 22.7 Å². The van der Waals surface area contributed by atoms with Gasteiger partial charge in [-0.3, -0.25) is 20.2 Å². The highest BCUT2D eigenvalue weighted by atomic mass is 79.9. The van der Waals surface area contributed by atoms with Crippen molar-refractivity contribution in [2.75, 3.05) is 10.6 Å². The molecule has 62 heavy (non-hydrogen) atoms. The van der Waals surface area contributed by atoms with Crippen LogP contribution in [0.15, 0.2) is 87.9 Å². The van der Waals surface area contributed by atoms with Gasteiger partial charge in [0, 0.05) is 22.2 Å². The summed E-state index contributed by atoms with van der Waals surface area (Å²) in [5, 5.41) is 6.36. The Bertz CT molecular complexity index is 2910. The molecule has 1 aliphatic rings. The first-order valence-corrected chi connectivity index (χ1v) is 22.8. The standard InChI is InChI=1S/C17H8ClF2N3OS2.C13H15BClNO2S.C10H5BrF2N2OS/c18-9-5-12-13(25-7-22-12)4-8(9)14-6-21-17(26-14)23-16(24)15-10(19)2-1-3-11(15)20;1-12(2)13(3,4)18-14(17-12)8-5-11-10(6-9(8)15)16-7-19-11;11-7-4-14-10(17-7)15-9(16)8-5(12)2-1-3-6(8)13/h1-7H,(H,21,23,24);5-7H,1-4H3;1-4H,(H,14,15,16).